The number of nitrogens with one attached hydrogen (secondary N) is 1. The summed E-state index contributed by atoms with van der Waals surface area (Å²) in [5, 5.41) is 1.81. The number of hydrogen-bond donors (Lipinski definition) is 2. The summed E-state index contributed by atoms with van der Waals surface area (Å²) in [7, 11) is 0. The summed E-state index contributed by atoms with van der Waals surface area (Å²) in [5.74, 6) is 5.45. The summed E-state index contributed by atoms with van der Waals surface area (Å²) in [5.41, 5.74) is 2.67. The molecule has 1 aromatic carbocycles. The number of hydrazine groups is 1. The predicted octanol–water partition coefficient (Wildman–Crippen LogP) is 3.63. The van der Waals surface area contributed by atoms with Gasteiger partial charge in [0.2, 0.25) is 0 Å². The van der Waals surface area contributed by atoms with Gasteiger partial charge >= 0.3 is 6.18 Å². The Morgan fingerprint density at radius 2 is 1.95 bits per heavy atom. The Morgan fingerprint density at radius 3 is 2.47 bits per heavy atom. The van der Waals surface area contributed by atoms with Crippen molar-refractivity contribution in [2.45, 2.75) is 19.1 Å². The van der Waals surface area contributed by atoms with Crippen molar-refractivity contribution in [3.05, 3.63) is 57.3 Å². The third kappa shape index (κ3) is 2.97. The van der Waals surface area contributed by atoms with Crippen molar-refractivity contribution < 1.29 is 13.2 Å². The second-order valence-electron chi connectivity index (χ2n) is 4.18. The molecule has 0 aliphatic rings. The maximum Gasteiger partial charge on any atom is 0.416 e. The Hall–Kier alpha value is -1.37. The molecule has 6 heteroatoms. The Labute approximate surface area is 113 Å². The normalized spacial score (nSPS) is 13.5. The van der Waals surface area contributed by atoms with Gasteiger partial charge in [-0.05, 0) is 35.6 Å². The minimum atomic E-state index is -4.39. The SMILES string of the molecule is Cc1cc(C(NN)c2ccccc2C(F)(F)F)cs1. The van der Waals surface area contributed by atoms with E-state index in [1.807, 2.05) is 18.4 Å². The van der Waals surface area contributed by atoms with E-state index in [4.69, 9.17) is 5.84 Å². The van der Waals surface area contributed by atoms with Crippen LogP contribution in [0.3, 0.4) is 0 Å². The van der Waals surface area contributed by atoms with Crippen LogP contribution in [0.4, 0.5) is 13.2 Å². The smallest absolute Gasteiger partial charge is 0.271 e. The molecule has 0 amide bonds. The second-order valence-corrected chi connectivity index (χ2v) is 5.29. The highest BCUT2D eigenvalue weighted by Crippen LogP contribution is 2.36. The monoisotopic (exact) mass is 286 g/mol. The van der Waals surface area contributed by atoms with Gasteiger partial charge in [-0.3, -0.25) is 5.84 Å². The third-order valence-corrected chi connectivity index (χ3v) is 3.71. The zero-order valence-corrected chi connectivity index (χ0v) is 11.0. The maximum absolute atomic E-state index is 13.0. The molecule has 0 fully saturated rings. The standard InChI is InChI=1S/C13H13F3N2S/c1-8-6-9(7-19-8)12(18-17)10-4-2-3-5-11(10)13(14,15)16/h2-7,12,18H,17H2,1H3. The van der Waals surface area contributed by atoms with Crippen molar-refractivity contribution in [2.75, 3.05) is 0 Å². The Morgan fingerprint density at radius 1 is 1.26 bits per heavy atom. The van der Waals surface area contributed by atoms with E-state index >= 15 is 0 Å². The van der Waals surface area contributed by atoms with Crippen LogP contribution >= 0.6 is 11.3 Å². The van der Waals surface area contributed by atoms with Gasteiger partial charge in [0.25, 0.3) is 0 Å². The van der Waals surface area contributed by atoms with Crippen LogP contribution in [0.1, 0.15) is 27.6 Å². The summed E-state index contributed by atoms with van der Waals surface area (Å²) in [6.07, 6.45) is -4.39. The summed E-state index contributed by atoms with van der Waals surface area (Å²) in [6.45, 7) is 1.90. The molecule has 2 aromatic rings. The van der Waals surface area contributed by atoms with Crippen LogP contribution in [0.25, 0.3) is 0 Å². The Bertz CT molecular complexity index is 563. The van der Waals surface area contributed by atoms with Crippen LogP contribution in [0.5, 0.6) is 0 Å². The second kappa shape index (κ2) is 5.32. The highest BCUT2D eigenvalue weighted by Gasteiger charge is 2.35. The lowest BCUT2D eigenvalue weighted by molar-refractivity contribution is -0.138. The molecule has 2 rings (SSSR count). The van der Waals surface area contributed by atoms with Crippen LogP contribution in [-0.2, 0) is 6.18 Å². The number of hydrogen-bond acceptors (Lipinski definition) is 3. The van der Waals surface area contributed by atoms with Crippen LogP contribution in [0, 0.1) is 6.92 Å². The Kier molecular flexibility index (Phi) is 3.93. The molecule has 19 heavy (non-hydrogen) atoms. The lowest BCUT2D eigenvalue weighted by Crippen LogP contribution is -2.30. The highest BCUT2D eigenvalue weighted by molar-refractivity contribution is 7.10. The zero-order chi connectivity index (χ0) is 14.0. The number of benzene rings is 1. The average molecular weight is 286 g/mol. The fourth-order valence-electron chi connectivity index (χ4n) is 1.99. The Balaban J connectivity index is 2.50. The van der Waals surface area contributed by atoms with Gasteiger partial charge < -0.3 is 0 Å². The first-order valence-electron chi connectivity index (χ1n) is 5.60. The lowest BCUT2D eigenvalue weighted by atomic mass is 9.96. The van der Waals surface area contributed by atoms with Crippen molar-refractivity contribution in [3.63, 3.8) is 0 Å². The largest absolute Gasteiger partial charge is 0.416 e. The molecule has 0 radical (unpaired) electrons. The van der Waals surface area contributed by atoms with Crippen molar-refractivity contribution in [2.24, 2.45) is 5.84 Å². The van der Waals surface area contributed by atoms with Gasteiger partial charge in [-0.25, -0.2) is 5.43 Å². The molecule has 0 spiro atoms. The van der Waals surface area contributed by atoms with E-state index in [0.29, 0.717) is 0 Å². The van der Waals surface area contributed by atoms with E-state index in [0.717, 1.165) is 16.5 Å². The summed E-state index contributed by atoms with van der Waals surface area (Å²) >= 11 is 1.48. The number of halogens is 3. The van der Waals surface area contributed by atoms with Gasteiger partial charge in [0.15, 0.2) is 0 Å². The van der Waals surface area contributed by atoms with Crippen molar-refractivity contribution >= 4 is 11.3 Å². The topological polar surface area (TPSA) is 38.0 Å². The quantitative estimate of drug-likeness (QED) is 0.668. The van der Waals surface area contributed by atoms with E-state index in [2.05, 4.69) is 5.43 Å². The highest BCUT2D eigenvalue weighted by atomic mass is 32.1. The molecule has 3 N–H and O–H groups in total. The molecule has 1 heterocycles. The van der Waals surface area contributed by atoms with E-state index in [1.54, 1.807) is 6.07 Å². The number of aryl methyl sites for hydroxylation is 1. The molecule has 0 saturated carbocycles. The summed E-state index contributed by atoms with van der Waals surface area (Å²) < 4.78 is 39.0. The lowest BCUT2D eigenvalue weighted by Gasteiger charge is -2.20. The van der Waals surface area contributed by atoms with Crippen LogP contribution in [0.15, 0.2) is 35.7 Å². The fourth-order valence-corrected chi connectivity index (χ4v) is 2.72. The molecule has 0 aliphatic carbocycles. The fraction of sp³-hybridized carbons (Fsp3) is 0.231. The average Bonchev–Trinajstić information content (AvgIpc) is 2.76. The molecular formula is C13H13F3N2S. The maximum atomic E-state index is 13.0. The van der Waals surface area contributed by atoms with Gasteiger partial charge in [-0.1, -0.05) is 18.2 Å². The molecule has 1 aromatic heterocycles. The molecule has 1 atom stereocenters. The molecule has 0 aliphatic heterocycles. The van der Waals surface area contributed by atoms with Crippen molar-refractivity contribution in [3.8, 4) is 0 Å². The molecular weight excluding hydrogens is 273 g/mol. The van der Waals surface area contributed by atoms with Crippen LogP contribution in [-0.4, -0.2) is 0 Å². The van der Waals surface area contributed by atoms with Gasteiger partial charge in [0.1, 0.15) is 0 Å². The first-order valence-corrected chi connectivity index (χ1v) is 6.48. The van der Waals surface area contributed by atoms with Crippen molar-refractivity contribution in [1.29, 1.82) is 0 Å². The summed E-state index contributed by atoms with van der Waals surface area (Å²) in [4.78, 5) is 1.03. The molecule has 1 unspecified atom stereocenters. The predicted molar refractivity (Wildman–Crippen MR) is 69.7 cm³/mol. The van der Waals surface area contributed by atoms with Gasteiger partial charge in [0, 0.05) is 4.88 Å². The van der Waals surface area contributed by atoms with E-state index in [1.165, 1.54) is 23.5 Å². The van der Waals surface area contributed by atoms with E-state index in [9.17, 15) is 13.2 Å². The number of rotatable bonds is 3. The zero-order valence-electron chi connectivity index (χ0n) is 10.2. The van der Waals surface area contributed by atoms with E-state index < -0.39 is 17.8 Å². The number of thiophene rings is 1. The molecule has 0 saturated heterocycles. The molecule has 2 nitrogen and oxygen atoms in total. The molecule has 0 bridgehead atoms. The van der Waals surface area contributed by atoms with Gasteiger partial charge in [0.05, 0.1) is 11.6 Å². The minimum Gasteiger partial charge on any atom is -0.271 e. The first-order chi connectivity index (χ1) is 8.93. The first kappa shape index (κ1) is 14.0. The number of nitrogens with two attached hydrogens (primary N) is 1. The van der Waals surface area contributed by atoms with Gasteiger partial charge in [-0.2, -0.15) is 13.2 Å². The molecule has 102 valence electrons. The summed E-state index contributed by atoms with van der Waals surface area (Å²) in [6, 6.07) is 6.64. The van der Waals surface area contributed by atoms with Gasteiger partial charge in [-0.15, -0.1) is 11.3 Å². The van der Waals surface area contributed by atoms with Crippen LogP contribution in [0.2, 0.25) is 0 Å². The minimum absolute atomic E-state index is 0.135. The van der Waals surface area contributed by atoms with Crippen molar-refractivity contribution in [1.82, 2.24) is 5.43 Å². The third-order valence-electron chi connectivity index (χ3n) is 2.83. The number of alkyl halides is 3. The van der Waals surface area contributed by atoms with Crippen LogP contribution < -0.4 is 11.3 Å². The van der Waals surface area contributed by atoms with E-state index in [-0.39, 0.29) is 5.56 Å².